The van der Waals surface area contributed by atoms with Crippen molar-refractivity contribution in [2.45, 2.75) is 0 Å². The van der Waals surface area contributed by atoms with Gasteiger partial charge < -0.3 is 5.73 Å². The van der Waals surface area contributed by atoms with E-state index in [0.29, 0.717) is 5.69 Å². The van der Waals surface area contributed by atoms with Crippen LogP contribution < -0.4 is 5.73 Å². The third kappa shape index (κ3) is 2.11. The Balaban J connectivity index is 0.000000490. The molecule has 0 amide bonds. The van der Waals surface area contributed by atoms with Gasteiger partial charge in [-0.1, -0.05) is 5.69 Å². The second kappa shape index (κ2) is 3.66. The van der Waals surface area contributed by atoms with Crippen molar-refractivity contribution in [3.05, 3.63) is 30.3 Å². The minimum absolute atomic E-state index is 0. The third-order valence-corrected chi connectivity index (χ3v) is 0.733. The van der Waals surface area contributed by atoms with Gasteiger partial charge in [-0.3, -0.25) is 0 Å². The number of nitrogens with two attached hydrogens (primary N) is 1. The van der Waals surface area contributed by atoms with Crippen molar-refractivity contribution in [2.24, 2.45) is 0 Å². The van der Waals surface area contributed by atoms with E-state index in [1.807, 2.05) is 12.1 Å². The average molecular weight is 199 g/mol. The van der Waals surface area contributed by atoms with Gasteiger partial charge in [0, 0.05) is 20.4 Å². The zero-order valence-corrected chi connectivity index (χ0v) is 5.76. The molecule has 0 saturated carbocycles. The molecule has 0 heterocycles. The monoisotopic (exact) mass is 198 g/mol. The molecule has 1 aromatic carbocycles. The summed E-state index contributed by atoms with van der Waals surface area (Å²) in [6.45, 7) is 0. The number of benzene rings is 1. The van der Waals surface area contributed by atoms with E-state index in [1.54, 1.807) is 12.1 Å². The molecular weight excluding hydrogens is 192 g/mol. The van der Waals surface area contributed by atoms with E-state index < -0.39 is 0 Å². The van der Waals surface area contributed by atoms with E-state index in [4.69, 9.17) is 5.73 Å². The summed E-state index contributed by atoms with van der Waals surface area (Å²) in [5, 5.41) is 0. The summed E-state index contributed by atoms with van der Waals surface area (Å²) < 4.78 is 0. The van der Waals surface area contributed by atoms with Crippen molar-refractivity contribution in [1.82, 2.24) is 0 Å². The summed E-state index contributed by atoms with van der Waals surface area (Å²) in [7, 11) is 0. The topological polar surface area (TPSA) is 26.0 Å². The summed E-state index contributed by atoms with van der Waals surface area (Å²) in [5.41, 5.74) is 6.00. The minimum Gasteiger partial charge on any atom is -0.420 e. The van der Waals surface area contributed by atoms with Gasteiger partial charge in [-0.2, -0.15) is 24.3 Å². The smallest absolute Gasteiger partial charge is 0 e. The molecule has 0 aromatic heterocycles. The molecule has 0 bridgehead atoms. The van der Waals surface area contributed by atoms with E-state index >= 15 is 0 Å². The van der Waals surface area contributed by atoms with E-state index in [1.165, 1.54) is 0 Å². The van der Waals surface area contributed by atoms with Gasteiger partial charge in [-0.25, -0.2) is 0 Å². The largest absolute Gasteiger partial charge is 0.420 e. The van der Waals surface area contributed by atoms with Crippen LogP contribution in [-0.2, 0) is 20.4 Å². The van der Waals surface area contributed by atoms with Crippen LogP contribution in [0.2, 0.25) is 0 Å². The van der Waals surface area contributed by atoms with Gasteiger partial charge in [0.25, 0.3) is 0 Å². The molecular formula is C6H6NPd-. The third-order valence-electron chi connectivity index (χ3n) is 0.733. The fourth-order valence-electron chi connectivity index (χ4n) is 0.407. The Morgan fingerprint density at radius 3 is 2.38 bits per heavy atom. The number of para-hydroxylation sites is 1. The molecule has 1 rings (SSSR count). The van der Waals surface area contributed by atoms with E-state index in [2.05, 4.69) is 6.07 Å². The Morgan fingerprint density at radius 2 is 2.12 bits per heavy atom. The van der Waals surface area contributed by atoms with Crippen LogP contribution in [0.3, 0.4) is 0 Å². The predicted octanol–water partition coefficient (Wildman–Crippen LogP) is 1.07. The SMILES string of the molecule is Nc1[c-]cccc1.[Pd]. The van der Waals surface area contributed by atoms with Crippen molar-refractivity contribution >= 4 is 5.69 Å². The van der Waals surface area contributed by atoms with Gasteiger partial charge in [-0.05, 0) is 0 Å². The van der Waals surface area contributed by atoms with Crippen molar-refractivity contribution in [2.75, 3.05) is 5.73 Å². The first kappa shape index (κ1) is 7.68. The molecule has 0 saturated heterocycles. The first-order valence-electron chi connectivity index (χ1n) is 2.12. The van der Waals surface area contributed by atoms with Crippen LogP contribution >= 0.6 is 0 Å². The summed E-state index contributed by atoms with van der Waals surface area (Å²) >= 11 is 0. The maximum Gasteiger partial charge on any atom is 0 e. The van der Waals surface area contributed by atoms with E-state index in [9.17, 15) is 0 Å². The van der Waals surface area contributed by atoms with Gasteiger partial charge in [0.05, 0.1) is 0 Å². The van der Waals surface area contributed by atoms with Gasteiger partial charge >= 0.3 is 0 Å². The molecule has 8 heavy (non-hydrogen) atoms. The number of nitrogen functional groups attached to an aromatic ring is 1. The van der Waals surface area contributed by atoms with Crippen LogP contribution in [0.5, 0.6) is 0 Å². The predicted molar refractivity (Wildman–Crippen MR) is 29.7 cm³/mol. The van der Waals surface area contributed by atoms with Crippen LogP contribution in [0.1, 0.15) is 0 Å². The van der Waals surface area contributed by atoms with Gasteiger partial charge in [0.15, 0.2) is 0 Å². The number of hydrogen-bond acceptors (Lipinski definition) is 1. The van der Waals surface area contributed by atoms with Crippen LogP contribution in [0, 0.1) is 6.07 Å². The van der Waals surface area contributed by atoms with Crippen molar-refractivity contribution in [3.63, 3.8) is 0 Å². The molecule has 0 aliphatic carbocycles. The molecule has 0 fully saturated rings. The van der Waals surface area contributed by atoms with Crippen LogP contribution in [0.25, 0.3) is 0 Å². The quantitative estimate of drug-likeness (QED) is 0.377. The fraction of sp³-hybridized carbons (Fsp3) is 0. The zero-order chi connectivity index (χ0) is 5.11. The van der Waals surface area contributed by atoms with Crippen molar-refractivity contribution in [1.29, 1.82) is 0 Å². The van der Waals surface area contributed by atoms with E-state index in [-0.39, 0.29) is 20.4 Å². The maximum atomic E-state index is 5.30. The second-order valence-electron chi connectivity index (χ2n) is 1.32. The Labute approximate surface area is 62.6 Å². The Kier molecular flexibility index (Phi) is 3.51. The van der Waals surface area contributed by atoms with Gasteiger partial charge in [0.1, 0.15) is 0 Å². The second-order valence-corrected chi connectivity index (χ2v) is 1.32. The molecule has 0 atom stereocenters. The van der Waals surface area contributed by atoms with Crippen molar-refractivity contribution in [3.8, 4) is 0 Å². The minimum atomic E-state index is 0. The standard InChI is InChI=1S/C6H6N.Pd/c7-6-4-2-1-3-5-6;/h1-4H,7H2;/q-1;. The van der Waals surface area contributed by atoms with Crippen LogP contribution in [0.4, 0.5) is 5.69 Å². The Morgan fingerprint density at radius 1 is 1.38 bits per heavy atom. The van der Waals surface area contributed by atoms with Crippen molar-refractivity contribution < 1.29 is 20.4 Å². The van der Waals surface area contributed by atoms with Crippen LogP contribution in [0.15, 0.2) is 24.3 Å². The number of anilines is 1. The molecule has 2 heteroatoms. The zero-order valence-electron chi connectivity index (χ0n) is 4.20. The molecule has 0 aliphatic rings. The summed E-state index contributed by atoms with van der Waals surface area (Å²) in [5.74, 6) is 0. The molecule has 46 valence electrons. The molecule has 2 N–H and O–H groups in total. The molecule has 0 unspecified atom stereocenters. The molecule has 0 aliphatic heterocycles. The summed E-state index contributed by atoms with van der Waals surface area (Å²) in [6.07, 6.45) is 0. The van der Waals surface area contributed by atoms with Crippen LogP contribution in [-0.4, -0.2) is 0 Å². The summed E-state index contributed by atoms with van der Waals surface area (Å²) in [4.78, 5) is 0. The Hall–Kier alpha value is -0.318. The molecule has 0 radical (unpaired) electrons. The number of rotatable bonds is 0. The first-order valence-corrected chi connectivity index (χ1v) is 2.12. The molecule has 1 aromatic rings. The van der Waals surface area contributed by atoms with E-state index in [0.717, 1.165) is 0 Å². The maximum absolute atomic E-state index is 5.30. The molecule has 1 nitrogen and oxygen atoms in total. The average Bonchev–Trinajstić information content (AvgIpc) is 1.69. The van der Waals surface area contributed by atoms with Gasteiger partial charge in [-0.15, -0.1) is 6.07 Å². The summed E-state index contributed by atoms with van der Waals surface area (Å²) in [6, 6.07) is 10.2. The fourth-order valence-corrected chi connectivity index (χ4v) is 0.407. The Bertz CT molecular complexity index is 138. The molecule has 0 spiro atoms. The normalized spacial score (nSPS) is 7.50. The van der Waals surface area contributed by atoms with Gasteiger partial charge in [0.2, 0.25) is 0 Å². The number of hydrogen-bond donors (Lipinski definition) is 1. The first-order chi connectivity index (χ1) is 3.39.